The van der Waals surface area contributed by atoms with E-state index in [1.165, 1.54) is 29.1 Å². The van der Waals surface area contributed by atoms with Crippen molar-refractivity contribution >= 4 is 10.9 Å². The third-order valence-corrected chi connectivity index (χ3v) is 3.23. The fraction of sp³-hybridized carbons (Fsp3) is 0.214. The third-order valence-electron chi connectivity index (χ3n) is 3.23. The average Bonchev–Trinajstić information content (AvgIpc) is 2.92. The average molecular weight is 272 g/mol. The highest BCUT2D eigenvalue weighted by Crippen LogP contribution is 2.11. The lowest BCUT2D eigenvalue weighted by atomic mass is 10.2. The Morgan fingerprint density at radius 1 is 1.40 bits per heavy atom. The molecular weight excluding hydrogens is 259 g/mol. The highest BCUT2D eigenvalue weighted by Gasteiger charge is 2.11. The van der Waals surface area contributed by atoms with Crippen molar-refractivity contribution in [3.8, 4) is 0 Å². The molecule has 1 aromatic carbocycles. The summed E-state index contributed by atoms with van der Waals surface area (Å²) in [5, 5.41) is 4.40. The van der Waals surface area contributed by atoms with Gasteiger partial charge in [0.2, 0.25) is 0 Å². The Morgan fingerprint density at radius 2 is 2.25 bits per heavy atom. The lowest BCUT2D eigenvalue weighted by Crippen LogP contribution is -2.26. The maximum absolute atomic E-state index is 13.3. The molecule has 20 heavy (non-hydrogen) atoms. The zero-order chi connectivity index (χ0) is 14.1. The summed E-state index contributed by atoms with van der Waals surface area (Å²) in [5.74, 6) is -0.436. The third kappa shape index (κ3) is 2.20. The summed E-state index contributed by atoms with van der Waals surface area (Å²) >= 11 is 0. The molecule has 0 aliphatic heterocycles. The molecule has 5 nitrogen and oxygen atoms in total. The quantitative estimate of drug-likeness (QED) is 0.732. The SMILES string of the molecule is C[C@H](Cn1cccn1)n1cnc2ccc(F)cc2c1=O. The van der Waals surface area contributed by atoms with Crippen LogP contribution in [0.15, 0.2) is 47.8 Å². The van der Waals surface area contributed by atoms with Crippen molar-refractivity contribution in [2.45, 2.75) is 19.5 Å². The topological polar surface area (TPSA) is 52.7 Å². The van der Waals surface area contributed by atoms with E-state index < -0.39 is 5.82 Å². The predicted molar refractivity (Wildman–Crippen MR) is 72.9 cm³/mol. The van der Waals surface area contributed by atoms with Crippen LogP contribution in [0.5, 0.6) is 0 Å². The Kier molecular flexibility index (Phi) is 3.06. The first-order chi connectivity index (χ1) is 9.65. The van der Waals surface area contributed by atoms with E-state index in [9.17, 15) is 9.18 Å². The van der Waals surface area contributed by atoms with Crippen molar-refractivity contribution in [2.24, 2.45) is 0 Å². The van der Waals surface area contributed by atoms with Crippen LogP contribution in [0.25, 0.3) is 10.9 Å². The molecule has 0 radical (unpaired) electrons. The van der Waals surface area contributed by atoms with Crippen LogP contribution in [0.2, 0.25) is 0 Å². The van der Waals surface area contributed by atoms with Gasteiger partial charge in [0, 0.05) is 12.4 Å². The van der Waals surface area contributed by atoms with E-state index in [1.807, 2.05) is 19.2 Å². The molecule has 0 amide bonds. The largest absolute Gasteiger partial charge is 0.294 e. The maximum atomic E-state index is 13.3. The smallest absolute Gasteiger partial charge is 0.261 e. The van der Waals surface area contributed by atoms with E-state index in [0.717, 1.165) is 0 Å². The minimum absolute atomic E-state index is 0.123. The molecule has 0 aliphatic carbocycles. The fourth-order valence-electron chi connectivity index (χ4n) is 2.19. The zero-order valence-electron chi connectivity index (χ0n) is 10.9. The van der Waals surface area contributed by atoms with Crippen LogP contribution >= 0.6 is 0 Å². The van der Waals surface area contributed by atoms with Crippen LogP contribution in [0.3, 0.4) is 0 Å². The van der Waals surface area contributed by atoms with E-state index in [-0.39, 0.29) is 11.6 Å². The summed E-state index contributed by atoms with van der Waals surface area (Å²) in [6, 6.07) is 5.73. The van der Waals surface area contributed by atoms with Crippen molar-refractivity contribution in [1.29, 1.82) is 0 Å². The summed E-state index contributed by atoms with van der Waals surface area (Å²) in [4.78, 5) is 16.6. The number of hydrogen-bond donors (Lipinski definition) is 0. The van der Waals surface area contributed by atoms with Gasteiger partial charge in [-0.05, 0) is 31.2 Å². The second kappa shape index (κ2) is 4.88. The Hall–Kier alpha value is -2.50. The van der Waals surface area contributed by atoms with Gasteiger partial charge in [0.25, 0.3) is 5.56 Å². The second-order valence-electron chi connectivity index (χ2n) is 4.70. The molecular formula is C14H13FN4O. The molecule has 0 saturated heterocycles. The van der Waals surface area contributed by atoms with Crippen molar-refractivity contribution in [3.05, 3.63) is 59.2 Å². The minimum atomic E-state index is -0.436. The van der Waals surface area contributed by atoms with E-state index in [2.05, 4.69) is 10.1 Å². The first kappa shape index (κ1) is 12.5. The van der Waals surface area contributed by atoms with E-state index in [0.29, 0.717) is 17.4 Å². The summed E-state index contributed by atoms with van der Waals surface area (Å²) in [6.07, 6.45) is 5.01. The first-order valence-electron chi connectivity index (χ1n) is 6.29. The van der Waals surface area contributed by atoms with Gasteiger partial charge in [0.15, 0.2) is 0 Å². The minimum Gasteiger partial charge on any atom is -0.294 e. The molecule has 0 unspecified atom stereocenters. The van der Waals surface area contributed by atoms with Gasteiger partial charge < -0.3 is 0 Å². The highest BCUT2D eigenvalue weighted by atomic mass is 19.1. The van der Waals surface area contributed by atoms with Gasteiger partial charge in [-0.25, -0.2) is 9.37 Å². The molecule has 0 bridgehead atoms. The molecule has 1 atom stereocenters. The van der Waals surface area contributed by atoms with Crippen LogP contribution in [0.4, 0.5) is 4.39 Å². The molecule has 0 aliphatic rings. The number of nitrogens with zero attached hydrogens (tertiary/aromatic N) is 4. The summed E-state index contributed by atoms with van der Waals surface area (Å²) in [6.45, 7) is 2.45. The highest BCUT2D eigenvalue weighted by molar-refractivity contribution is 5.77. The predicted octanol–water partition coefficient (Wildman–Crippen LogP) is 1.99. The normalized spacial score (nSPS) is 12.7. The molecule has 2 heterocycles. The van der Waals surface area contributed by atoms with E-state index >= 15 is 0 Å². The molecule has 0 saturated carbocycles. The molecule has 0 fully saturated rings. The van der Waals surface area contributed by atoms with Crippen LogP contribution in [0, 0.1) is 5.82 Å². The van der Waals surface area contributed by atoms with Gasteiger partial charge in [0.1, 0.15) is 5.82 Å². The Bertz CT molecular complexity index is 795. The van der Waals surface area contributed by atoms with Crippen LogP contribution in [0.1, 0.15) is 13.0 Å². The van der Waals surface area contributed by atoms with Crippen LogP contribution in [-0.4, -0.2) is 19.3 Å². The summed E-state index contributed by atoms with van der Waals surface area (Å²) in [5.41, 5.74) is 0.257. The van der Waals surface area contributed by atoms with Crippen LogP contribution < -0.4 is 5.56 Å². The van der Waals surface area contributed by atoms with Gasteiger partial charge in [-0.3, -0.25) is 14.0 Å². The first-order valence-corrected chi connectivity index (χ1v) is 6.29. The zero-order valence-corrected chi connectivity index (χ0v) is 10.9. The van der Waals surface area contributed by atoms with Gasteiger partial charge in [-0.15, -0.1) is 0 Å². The lowest BCUT2D eigenvalue weighted by molar-refractivity contribution is 0.426. The maximum Gasteiger partial charge on any atom is 0.261 e. The van der Waals surface area contributed by atoms with Crippen molar-refractivity contribution < 1.29 is 4.39 Å². The molecule has 2 aromatic heterocycles. The lowest BCUT2D eigenvalue weighted by Gasteiger charge is -2.15. The molecule has 0 spiro atoms. The number of aromatic nitrogens is 4. The molecule has 3 aromatic rings. The number of hydrogen-bond acceptors (Lipinski definition) is 3. The van der Waals surface area contributed by atoms with Gasteiger partial charge in [-0.2, -0.15) is 5.10 Å². The Morgan fingerprint density at radius 3 is 3.00 bits per heavy atom. The molecule has 6 heteroatoms. The van der Waals surface area contributed by atoms with Crippen LogP contribution in [-0.2, 0) is 6.54 Å². The van der Waals surface area contributed by atoms with Crippen molar-refractivity contribution in [3.63, 3.8) is 0 Å². The summed E-state index contributed by atoms with van der Waals surface area (Å²) in [7, 11) is 0. The number of halogens is 1. The van der Waals surface area contributed by atoms with Crippen molar-refractivity contribution in [2.75, 3.05) is 0 Å². The van der Waals surface area contributed by atoms with Gasteiger partial charge >= 0.3 is 0 Å². The summed E-state index contributed by atoms with van der Waals surface area (Å²) < 4.78 is 16.5. The number of fused-ring (bicyclic) bond motifs is 1. The Labute approximate surface area is 114 Å². The fourth-order valence-corrected chi connectivity index (χ4v) is 2.19. The number of rotatable bonds is 3. The second-order valence-corrected chi connectivity index (χ2v) is 4.70. The van der Waals surface area contributed by atoms with Gasteiger partial charge in [-0.1, -0.05) is 0 Å². The molecule has 102 valence electrons. The van der Waals surface area contributed by atoms with Crippen molar-refractivity contribution in [1.82, 2.24) is 19.3 Å². The number of benzene rings is 1. The monoisotopic (exact) mass is 272 g/mol. The van der Waals surface area contributed by atoms with Gasteiger partial charge in [0.05, 0.1) is 29.8 Å². The molecule has 0 N–H and O–H groups in total. The van der Waals surface area contributed by atoms with E-state index in [1.54, 1.807) is 10.9 Å². The Balaban J connectivity index is 2.03. The molecule has 3 rings (SSSR count). The standard InChI is InChI=1S/C14H13FN4O/c1-10(8-18-6-2-5-17-18)19-9-16-13-4-3-11(15)7-12(13)14(19)20/h2-7,9-10H,8H2,1H3/t10-/m1/s1. The van der Waals surface area contributed by atoms with E-state index in [4.69, 9.17) is 0 Å².